The zero-order valence-corrected chi connectivity index (χ0v) is 20.3. The number of imidazole rings is 1. The van der Waals surface area contributed by atoms with E-state index in [4.69, 9.17) is 9.72 Å². The van der Waals surface area contributed by atoms with Crippen molar-refractivity contribution in [1.82, 2.24) is 14.4 Å². The Kier molecular flexibility index (Phi) is 5.67. The predicted molar refractivity (Wildman–Crippen MR) is 145 cm³/mol. The number of fused-ring (bicyclic) bond motifs is 3. The summed E-state index contributed by atoms with van der Waals surface area (Å²) in [4.78, 5) is 23.6. The van der Waals surface area contributed by atoms with E-state index < -0.39 is 0 Å². The van der Waals surface area contributed by atoms with E-state index in [2.05, 4.69) is 14.7 Å². The Morgan fingerprint density at radius 1 is 0.944 bits per heavy atom. The number of benzene rings is 3. The van der Waals surface area contributed by atoms with Crippen LogP contribution in [0.25, 0.3) is 38.5 Å². The van der Waals surface area contributed by atoms with Crippen LogP contribution in [0.1, 0.15) is 17.3 Å². The number of esters is 1. The maximum Gasteiger partial charge on any atom is 0.341 e. The van der Waals surface area contributed by atoms with E-state index in [0.29, 0.717) is 11.3 Å². The molecule has 0 aliphatic heterocycles. The van der Waals surface area contributed by atoms with Crippen LogP contribution in [0.4, 0.5) is 10.7 Å². The van der Waals surface area contributed by atoms with E-state index >= 15 is 0 Å². The highest BCUT2D eigenvalue weighted by Gasteiger charge is 2.28. The lowest BCUT2D eigenvalue weighted by molar-refractivity contribution is 0.0529. The summed E-state index contributed by atoms with van der Waals surface area (Å²) in [5.41, 5.74) is 5.89. The minimum atomic E-state index is -0.363. The van der Waals surface area contributed by atoms with E-state index in [9.17, 15) is 4.79 Å². The first-order valence-electron chi connectivity index (χ1n) is 11.7. The van der Waals surface area contributed by atoms with Crippen molar-refractivity contribution < 1.29 is 9.53 Å². The van der Waals surface area contributed by atoms with E-state index in [1.54, 1.807) is 6.20 Å². The van der Waals surface area contributed by atoms with E-state index in [-0.39, 0.29) is 12.6 Å². The predicted octanol–water partition coefficient (Wildman–Crippen LogP) is 7.20. The molecular formula is C29H22N4O2S. The van der Waals surface area contributed by atoms with Crippen molar-refractivity contribution in [2.24, 2.45) is 0 Å². The summed E-state index contributed by atoms with van der Waals surface area (Å²) >= 11 is 1.52. The van der Waals surface area contributed by atoms with Crippen LogP contribution < -0.4 is 5.32 Å². The van der Waals surface area contributed by atoms with Gasteiger partial charge in [0.15, 0.2) is 0 Å². The molecule has 6 rings (SSSR count). The van der Waals surface area contributed by atoms with Crippen LogP contribution in [0.15, 0.2) is 97.2 Å². The van der Waals surface area contributed by atoms with Crippen molar-refractivity contribution in [3.8, 4) is 21.7 Å². The Bertz CT molecular complexity index is 1690. The minimum Gasteiger partial charge on any atom is -0.462 e. The molecule has 1 N–H and O–H groups in total. The smallest absolute Gasteiger partial charge is 0.341 e. The molecule has 3 aromatic carbocycles. The van der Waals surface area contributed by atoms with Crippen LogP contribution in [0.3, 0.4) is 0 Å². The third kappa shape index (κ3) is 3.79. The normalized spacial score (nSPS) is 11.1. The molecule has 0 bridgehead atoms. The molecule has 0 spiro atoms. The molecule has 0 unspecified atom stereocenters. The first kappa shape index (κ1) is 22.0. The number of thiophene rings is 1. The van der Waals surface area contributed by atoms with Crippen LogP contribution >= 0.6 is 11.3 Å². The number of rotatable bonds is 6. The summed E-state index contributed by atoms with van der Waals surface area (Å²) in [5.74, 6) is 0.245. The summed E-state index contributed by atoms with van der Waals surface area (Å²) in [6.45, 7) is 2.11. The average molecular weight is 491 g/mol. The van der Waals surface area contributed by atoms with Gasteiger partial charge in [0.25, 0.3) is 0 Å². The van der Waals surface area contributed by atoms with Gasteiger partial charge < -0.3 is 10.1 Å². The van der Waals surface area contributed by atoms with Crippen LogP contribution in [0.5, 0.6) is 0 Å². The number of carbonyl (C=O) groups is 1. The fourth-order valence-corrected chi connectivity index (χ4v) is 5.64. The van der Waals surface area contributed by atoms with Crippen molar-refractivity contribution >= 4 is 44.8 Å². The molecule has 3 aromatic heterocycles. The molecule has 3 heterocycles. The van der Waals surface area contributed by atoms with Gasteiger partial charge >= 0.3 is 5.97 Å². The molecule has 6 nitrogen and oxygen atoms in total. The fraction of sp³-hybridized carbons (Fsp3) is 0.0690. The van der Waals surface area contributed by atoms with Crippen molar-refractivity contribution in [3.63, 3.8) is 0 Å². The number of para-hydroxylation sites is 3. The van der Waals surface area contributed by atoms with Gasteiger partial charge in [0.05, 0.1) is 28.2 Å². The molecule has 7 heteroatoms. The van der Waals surface area contributed by atoms with Gasteiger partial charge in [-0.05, 0) is 42.8 Å². The lowest BCUT2D eigenvalue weighted by atomic mass is 9.99. The molecule has 0 atom stereocenters. The van der Waals surface area contributed by atoms with Gasteiger partial charge in [-0.2, -0.15) is 0 Å². The lowest BCUT2D eigenvalue weighted by Gasteiger charge is -2.11. The molecule has 0 saturated carbocycles. The number of hydrogen-bond donors (Lipinski definition) is 1. The summed E-state index contributed by atoms with van der Waals surface area (Å²) in [6.07, 6.45) is 1.76. The van der Waals surface area contributed by atoms with Gasteiger partial charge in [-0.25, -0.2) is 14.8 Å². The van der Waals surface area contributed by atoms with Crippen molar-refractivity contribution in [3.05, 3.63) is 103 Å². The standard InChI is InChI=1S/C29H22N4O2S/c1-2-35-28(34)25-24(19-11-5-3-6-12-19)26(36-27(25)31-20-13-7-4-8-14-20)23-17-18-30-29-32-21-15-9-10-16-22(21)33(23)29/h3-18,31H,2H2,1H3. The molecular weight excluding hydrogens is 468 g/mol. The van der Waals surface area contributed by atoms with E-state index in [1.807, 2.05) is 97.9 Å². The number of anilines is 2. The Morgan fingerprint density at radius 2 is 1.67 bits per heavy atom. The SMILES string of the molecule is CCOC(=O)c1c(Nc2ccccc2)sc(-c2ccnc3nc4ccccc4n23)c1-c1ccccc1. The van der Waals surface area contributed by atoms with Crippen molar-refractivity contribution in [2.45, 2.75) is 6.92 Å². The van der Waals surface area contributed by atoms with Gasteiger partial charge in [-0.15, -0.1) is 11.3 Å². The number of hydrogen-bond acceptors (Lipinski definition) is 6. The Hall–Kier alpha value is -4.49. The quantitative estimate of drug-likeness (QED) is 0.250. The summed E-state index contributed by atoms with van der Waals surface area (Å²) < 4.78 is 7.61. The zero-order valence-electron chi connectivity index (χ0n) is 19.5. The molecule has 0 amide bonds. The summed E-state index contributed by atoms with van der Waals surface area (Å²) in [7, 11) is 0. The molecule has 0 aliphatic carbocycles. The maximum atomic E-state index is 13.4. The first-order valence-corrected chi connectivity index (χ1v) is 12.5. The van der Waals surface area contributed by atoms with Crippen LogP contribution in [-0.2, 0) is 4.74 Å². The molecule has 0 aliphatic rings. The first-order chi connectivity index (χ1) is 17.7. The topological polar surface area (TPSA) is 68.5 Å². The monoisotopic (exact) mass is 490 g/mol. The number of nitrogens with zero attached hydrogens (tertiary/aromatic N) is 3. The average Bonchev–Trinajstić information content (AvgIpc) is 3.48. The van der Waals surface area contributed by atoms with Gasteiger partial charge in [0.2, 0.25) is 5.78 Å². The highest BCUT2D eigenvalue weighted by molar-refractivity contribution is 7.20. The summed E-state index contributed by atoms with van der Waals surface area (Å²) in [5, 5.41) is 4.19. The highest BCUT2D eigenvalue weighted by Crippen LogP contribution is 2.47. The number of nitrogens with one attached hydrogen (secondary N) is 1. The second-order valence-corrected chi connectivity index (χ2v) is 9.17. The number of aromatic nitrogens is 3. The Labute approximate surface area is 211 Å². The third-order valence-electron chi connectivity index (χ3n) is 5.92. The Morgan fingerprint density at radius 3 is 2.44 bits per heavy atom. The van der Waals surface area contributed by atoms with Crippen molar-refractivity contribution in [1.29, 1.82) is 0 Å². The second-order valence-electron chi connectivity index (χ2n) is 8.15. The van der Waals surface area contributed by atoms with Crippen LogP contribution in [0, 0.1) is 0 Å². The zero-order chi connectivity index (χ0) is 24.5. The molecule has 36 heavy (non-hydrogen) atoms. The number of carbonyl (C=O) groups excluding carboxylic acids is 1. The molecule has 0 radical (unpaired) electrons. The highest BCUT2D eigenvalue weighted by atomic mass is 32.1. The molecule has 176 valence electrons. The van der Waals surface area contributed by atoms with Gasteiger partial charge in [0.1, 0.15) is 10.6 Å². The molecule has 0 fully saturated rings. The van der Waals surface area contributed by atoms with Gasteiger partial charge in [0, 0.05) is 17.4 Å². The summed E-state index contributed by atoms with van der Waals surface area (Å²) in [6, 6.07) is 29.7. The molecule has 0 saturated heterocycles. The number of ether oxygens (including phenoxy) is 1. The largest absolute Gasteiger partial charge is 0.462 e. The maximum absolute atomic E-state index is 13.4. The third-order valence-corrected chi connectivity index (χ3v) is 7.05. The van der Waals surface area contributed by atoms with E-state index in [0.717, 1.165) is 43.4 Å². The molecule has 6 aromatic rings. The minimum absolute atomic E-state index is 0.286. The van der Waals surface area contributed by atoms with Crippen LogP contribution in [0.2, 0.25) is 0 Å². The van der Waals surface area contributed by atoms with Gasteiger partial charge in [-0.3, -0.25) is 4.40 Å². The fourth-order valence-electron chi connectivity index (χ4n) is 4.39. The van der Waals surface area contributed by atoms with Crippen molar-refractivity contribution in [2.75, 3.05) is 11.9 Å². The van der Waals surface area contributed by atoms with E-state index in [1.165, 1.54) is 11.3 Å². The Balaban J connectivity index is 1.68. The van der Waals surface area contributed by atoms with Crippen LogP contribution in [-0.4, -0.2) is 26.9 Å². The second kappa shape index (κ2) is 9.28. The van der Waals surface area contributed by atoms with Gasteiger partial charge in [-0.1, -0.05) is 60.7 Å². The lowest BCUT2D eigenvalue weighted by Crippen LogP contribution is -2.07.